The Morgan fingerprint density at radius 3 is 2.68 bits per heavy atom. The van der Waals surface area contributed by atoms with E-state index >= 15 is 0 Å². The molecule has 0 spiro atoms. The predicted molar refractivity (Wildman–Crippen MR) is 80.2 cm³/mol. The first kappa shape index (κ1) is 14.6. The molecule has 0 radical (unpaired) electrons. The molecule has 3 unspecified atom stereocenters. The fraction of sp³-hybridized carbons (Fsp3) is 0.812. The van der Waals surface area contributed by atoms with Gasteiger partial charge >= 0.3 is 0 Å². The average Bonchev–Trinajstić information content (AvgIpc) is 2.71. The van der Waals surface area contributed by atoms with Gasteiger partial charge in [-0.25, -0.2) is 0 Å². The third kappa shape index (κ3) is 3.59. The van der Waals surface area contributed by atoms with Gasteiger partial charge in [0.1, 0.15) is 0 Å². The zero-order chi connectivity index (χ0) is 14.0. The van der Waals surface area contributed by atoms with Gasteiger partial charge in [0, 0.05) is 24.3 Å². The largest absolute Gasteiger partial charge is 0.310 e. The molecule has 3 heteroatoms. The van der Waals surface area contributed by atoms with Crippen molar-refractivity contribution >= 4 is 0 Å². The van der Waals surface area contributed by atoms with Gasteiger partial charge in [0.25, 0.3) is 0 Å². The van der Waals surface area contributed by atoms with Crippen molar-refractivity contribution in [1.82, 2.24) is 15.1 Å². The van der Waals surface area contributed by atoms with Gasteiger partial charge < -0.3 is 5.32 Å². The Hall–Kier alpha value is -0.830. The summed E-state index contributed by atoms with van der Waals surface area (Å²) in [6.45, 7) is 12.2. The van der Waals surface area contributed by atoms with E-state index in [0.29, 0.717) is 12.1 Å². The normalized spacial score (nSPS) is 28.0. The summed E-state index contributed by atoms with van der Waals surface area (Å²) in [6, 6.07) is 1.14. The number of nitrogens with one attached hydrogen (secondary N) is 1. The highest BCUT2D eigenvalue weighted by Gasteiger charge is 2.26. The molecule has 19 heavy (non-hydrogen) atoms. The minimum absolute atomic E-state index is 0.526. The molecular formula is C16H29N3. The van der Waals surface area contributed by atoms with E-state index in [1.807, 2.05) is 0 Å². The van der Waals surface area contributed by atoms with Crippen LogP contribution in [0.15, 0.2) is 6.20 Å². The van der Waals surface area contributed by atoms with E-state index in [-0.39, 0.29) is 0 Å². The molecule has 0 aliphatic heterocycles. The maximum atomic E-state index is 4.75. The van der Waals surface area contributed by atoms with E-state index in [9.17, 15) is 0 Å². The number of aromatic nitrogens is 2. The highest BCUT2D eigenvalue weighted by Crippen LogP contribution is 2.36. The molecule has 1 aromatic rings. The Morgan fingerprint density at radius 1 is 1.32 bits per heavy atom. The average molecular weight is 263 g/mol. The van der Waals surface area contributed by atoms with Gasteiger partial charge in [-0.3, -0.25) is 4.68 Å². The van der Waals surface area contributed by atoms with E-state index < -0.39 is 0 Å². The zero-order valence-corrected chi connectivity index (χ0v) is 13.1. The second kappa shape index (κ2) is 6.08. The lowest BCUT2D eigenvalue weighted by Crippen LogP contribution is -2.24. The van der Waals surface area contributed by atoms with E-state index in [1.54, 1.807) is 0 Å². The van der Waals surface area contributed by atoms with Crippen molar-refractivity contribution in [2.45, 2.75) is 72.5 Å². The molecule has 0 aromatic carbocycles. The molecular weight excluding hydrogens is 234 g/mol. The van der Waals surface area contributed by atoms with Crippen molar-refractivity contribution in [3.8, 4) is 0 Å². The highest BCUT2D eigenvalue weighted by molar-refractivity contribution is 5.15. The molecule has 1 aliphatic rings. The van der Waals surface area contributed by atoms with Gasteiger partial charge in [0.2, 0.25) is 0 Å². The van der Waals surface area contributed by atoms with Crippen LogP contribution in [0.5, 0.6) is 0 Å². The van der Waals surface area contributed by atoms with Crippen LogP contribution in [0.3, 0.4) is 0 Å². The number of nitrogens with zero attached hydrogens (tertiary/aromatic N) is 2. The number of hydrogen-bond donors (Lipinski definition) is 1. The van der Waals surface area contributed by atoms with Crippen LogP contribution >= 0.6 is 0 Å². The Labute approximate surface area is 117 Å². The Balaban J connectivity index is 2.03. The van der Waals surface area contributed by atoms with Crippen LogP contribution in [-0.2, 0) is 6.54 Å². The van der Waals surface area contributed by atoms with Gasteiger partial charge in [0.15, 0.2) is 0 Å². The summed E-state index contributed by atoms with van der Waals surface area (Å²) in [4.78, 5) is 0. The second-order valence-electron chi connectivity index (χ2n) is 6.68. The predicted octanol–water partition coefficient (Wildman–Crippen LogP) is 3.69. The molecule has 1 saturated carbocycles. The van der Waals surface area contributed by atoms with Crippen LogP contribution in [0, 0.1) is 18.8 Å². The SMILES string of the molecule is Cc1nn(C2CCC(C)C(C)C2)cc1CNC(C)C. The van der Waals surface area contributed by atoms with Gasteiger partial charge in [0.05, 0.1) is 11.7 Å². The van der Waals surface area contributed by atoms with E-state index in [0.717, 1.165) is 18.4 Å². The molecule has 2 rings (SSSR count). The Kier molecular flexibility index (Phi) is 4.67. The quantitative estimate of drug-likeness (QED) is 0.898. The van der Waals surface area contributed by atoms with Crippen LogP contribution in [0.1, 0.15) is 64.3 Å². The maximum absolute atomic E-state index is 4.75. The lowest BCUT2D eigenvalue weighted by molar-refractivity contribution is 0.200. The van der Waals surface area contributed by atoms with Gasteiger partial charge in [-0.1, -0.05) is 27.7 Å². The molecule has 3 atom stereocenters. The fourth-order valence-corrected chi connectivity index (χ4v) is 2.95. The summed E-state index contributed by atoms with van der Waals surface area (Å²) in [7, 11) is 0. The zero-order valence-electron chi connectivity index (χ0n) is 13.1. The summed E-state index contributed by atoms with van der Waals surface area (Å²) < 4.78 is 2.23. The third-order valence-corrected chi connectivity index (χ3v) is 4.66. The second-order valence-corrected chi connectivity index (χ2v) is 6.68. The monoisotopic (exact) mass is 263 g/mol. The van der Waals surface area contributed by atoms with Crippen LogP contribution in [0.4, 0.5) is 0 Å². The molecule has 0 amide bonds. The maximum Gasteiger partial charge on any atom is 0.0638 e. The Morgan fingerprint density at radius 2 is 2.05 bits per heavy atom. The molecule has 0 bridgehead atoms. The van der Waals surface area contributed by atoms with Crippen LogP contribution in [-0.4, -0.2) is 15.8 Å². The van der Waals surface area contributed by atoms with Crippen molar-refractivity contribution in [3.63, 3.8) is 0 Å². The molecule has 108 valence electrons. The van der Waals surface area contributed by atoms with Gasteiger partial charge in [-0.15, -0.1) is 0 Å². The van der Waals surface area contributed by atoms with Crippen molar-refractivity contribution in [1.29, 1.82) is 0 Å². The third-order valence-electron chi connectivity index (χ3n) is 4.66. The summed E-state index contributed by atoms with van der Waals surface area (Å²) in [5, 5.41) is 8.23. The minimum atomic E-state index is 0.526. The van der Waals surface area contributed by atoms with Crippen molar-refractivity contribution < 1.29 is 0 Å². The van der Waals surface area contributed by atoms with Gasteiger partial charge in [-0.2, -0.15) is 5.10 Å². The Bertz CT molecular complexity index is 408. The molecule has 1 aromatic heterocycles. The van der Waals surface area contributed by atoms with Gasteiger partial charge in [-0.05, 0) is 38.0 Å². The lowest BCUT2D eigenvalue weighted by atomic mass is 9.79. The molecule has 1 N–H and O–H groups in total. The lowest BCUT2D eigenvalue weighted by Gasteiger charge is -2.32. The summed E-state index contributed by atoms with van der Waals surface area (Å²) in [5.41, 5.74) is 2.53. The number of rotatable bonds is 4. The summed E-state index contributed by atoms with van der Waals surface area (Å²) in [6.07, 6.45) is 6.16. The van der Waals surface area contributed by atoms with Crippen LogP contribution < -0.4 is 5.32 Å². The van der Waals surface area contributed by atoms with Crippen LogP contribution in [0.25, 0.3) is 0 Å². The van der Waals surface area contributed by atoms with Crippen LogP contribution in [0.2, 0.25) is 0 Å². The first-order chi connectivity index (χ1) is 8.97. The first-order valence-electron chi connectivity index (χ1n) is 7.75. The number of aryl methyl sites for hydroxylation is 1. The smallest absolute Gasteiger partial charge is 0.0638 e. The highest BCUT2D eigenvalue weighted by atomic mass is 15.3. The van der Waals surface area contributed by atoms with E-state index in [2.05, 4.69) is 50.8 Å². The van der Waals surface area contributed by atoms with Crippen molar-refractivity contribution in [2.75, 3.05) is 0 Å². The van der Waals surface area contributed by atoms with E-state index in [4.69, 9.17) is 5.10 Å². The minimum Gasteiger partial charge on any atom is -0.310 e. The summed E-state index contributed by atoms with van der Waals surface area (Å²) in [5.74, 6) is 1.69. The van der Waals surface area contributed by atoms with Crippen molar-refractivity contribution in [2.24, 2.45) is 11.8 Å². The standard InChI is InChI=1S/C16H29N3/c1-11(2)17-9-15-10-19(18-14(15)5)16-7-6-12(3)13(4)8-16/h10-13,16-17H,6-9H2,1-5H3. The molecule has 1 fully saturated rings. The van der Waals surface area contributed by atoms with E-state index in [1.165, 1.54) is 30.5 Å². The molecule has 1 heterocycles. The fourth-order valence-electron chi connectivity index (χ4n) is 2.95. The van der Waals surface area contributed by atoms with Crippen molar-refractivity contribution in [3.05, 3.63) is 17.5 Å². The first-order valence-corrected chi connectivity index (χ1v) is 7.75. The number of hydrogen-bond acceptors (Lipinski definition) is 2. The summed E-state index contributed by atoms with van der Waals surface area (Å²) >= 11 is 0. The molecule has 3 nitrogen and oxygen atoms in total. The topological polar surface area (TPSA) is 29.9 Å². The molecule has 0 saturated heterocycles. The molecule has 1 aliphatic carbocycles.